The molecule has 1 atom stereocenters. The summed E-state index contributed by atoms with van der Waals surface area (Å²) in [6, 6.07) is 9.38. The molecule has 2 heterocycles. The van der Waals surface area contributed by atoms with Crippen molar-refractivity contribution < 1.29 is 13.9 Å². The van der Waals surface area contributed by atoms with E-state index in [4.69, 9.17) is 9.15 Å². The quantitative estimate of drug-likeness (QED) is 0.902. The van der Waals surface area contributed by atoms with Gasteiger partial charge in [0.05, 0.1) is 12.1 Å². The molecule has 0 spiro atoms. The third-order valence-electron chi connectivity index (χ3n) is 3.50. The Morgan fingerprint density at radius 1 is 1.37 bits per heavy atom. The maximum atomic E-state index is 12.2. The van der Waals surface area contributed by atoms with Gasteiger partial charge in [0.2, 0.25) is 0 Å². The van der Waals surface area contributed by atoms with Crippen molar-refractivity contribution in [2.45, 2.75) is 25.3 Å². The minimum atomic E-state index is -0.297. The molecule has 3 rings (SSSR count). The molecule has 4 nitrogen and oxygen atoms in total. The van der Waals surface area contributed by atoms with Crippen molar-refractivity contribution in [1.29, 1.82) is 0 Å². The summed E-state index contributed by atoms with van der Waals surface area (Å²) in [6.07, 6.45) is 1.90. The number of fused-ring (bicyclic) bond motifs is 1. The Kier molecular flexibility index (Phi) is 3.03. The molecule has 0 aliphatic carbocycles. The van der Waals surface area contributed by atoms with E-state index in [0.717, 1.165) is 30.4 Å². The van der Waals surface area contributed by atoms with Gasteiger partial charge in [0, 0.05) is 12.0 Å². The number of rotatable bonds is 2. The van der Waals surface area contributed by atoms with Crippen molar-refractivity contribution in [3.63, 3.8) is 0 Å². The van der Waals surface area contributed by atoms with Gasteiger partial charge in [0.1, 0.15) is 5.58 Å². The fraction of sp³-hybridized carbons (Fsp3) is 0.400. The molecule has 2 aromatic rings. The molecule has 1 aliphatic heterocycles. The van der Waals surface area contributed by atoms with Gasteiger partial charge >= 0.3 is 0 Å². The molecule has 1 unspecified atom stereocenters. The Bertz CT molecular complexity index is 563. The lowest BCUT2D eigenvalue weighted by Gasteiger charge is -2.33. The van der Waals surface area contributed by atoms with Crippen LogP contribution in [0.1, 0.15) is 30.3 Å². The first-order chi connectivity index (χ1) is 9.16. The highest BCUT2D eigenvalue weighted by Crippen LogP contribution is 2.22. The SMILES string of the molecule is CC1(NC(=O)c2cc3ccccc3o2)CCCOC1. The van der Waals surface area contributed by atoms with Gasteiger partial charge in [-0.05, 0) is 31.9 Å². The standard InChI is InChI=1S/C15H17NO3/c1-15(7-4-8-18-10-15)16-14(17)13-9-11-5-2-3-6-12(11)19-13/h2-3,5-6,9H,4,7-8,10H2,1H3,(H,16,17). The fourth-order valence-corrected chi connectivity index (χ4v) is 2.46. The van der Waals surface area contributed by atoms with E-state index in [1.807, 2.05) is 31.2 Å². The number of hydrogen-bond donors (Lipinski definition) is 1. The van der Waals surface area contributed by atoms with Crippen LogP contribution < -0.4 is 5.32 Å². The molecule has 1 aliphatic rings. The Morgan fingerprint density at radius 2 is 2.21 bits per heavy atom. The molecule has 0 radical (unpaired) electrons. The maximum absolute atomic E-state index is 12.2. The second kappa shape index (κ2) is 4.70. The number of benzene rings is 1. The third-order valence-corrected chi connectivity index (χ3v) is 3.50. The molecule has 0 saturated carbocycles. The minimum Gasteiger partial charge on any atom is -0.451 e. The zero-order valence-electron chi connectivity index (χ0n) is 10.9. The van der Waals surface area contributed by atoms with E-state index in [0.29, 0.717) is 12.4 Å². The van der Waals surface area contributed by atoms with Gasteiger partial charge in [-0.1, -0.05) is 18.2 Å². The summed E-state index contributed by atoms with van der Waals surface area (Å²) in [5.41, 5.74) is 0.437. The van der Waals surface area contributed by atoms with E-state index in [9.17, 15) is 4.79 Å². The van der Waals surface area contributed by atoms with Crippen LogP contribution in [0, 0.1) is 0 Å². The van der Waals surface area contributed by atoms with Crippen molar-refractivity contribution in [3.8, 4) is 0 Å². The summed E-state index contributed by atoms with van der Waals surface area (Å²) in [6.45, 7) is 3.34. The number of carbonyl (C=O) groups excluding carboxylic acids is 1. The van der Waals surface area contributed by atoms with Crippen LogP contribution in [0.4, 0.5) is 0 Å². The second-order valence-corrected chi connectivity index (χ2v) is 5.32. The van der Waals surface area contributed by atoms with Gasteiger partial charge < -0.3 is 14.5 Å². The molecule has 1 fully saturated rings. The largest absolute Gasteiger partial charge is 0.451 e. The lowest BCUT2D eigenvalue weighted by Crippen LogP contribution is -2.51. The fourth-order valence-electron chi connectivity index (χ4n) is 2.46. The lowest BCUT2D eigenvalue weighted by atomic mass is 9.95. The van der Waals surface area contributed by atoms with Gasteiger partial charge in [0.15, 0.2) is 5.76 Å². The van der Waals surface area contributed by atoms with Gasteiger partial charge in [-0.25, -0.2) is 0 Å². The van der Waals surface area contributed by atoms with E-state index in [2.05, 4.69) is 5.32 Å². The maximum Gasteiger partial charge on any atom is 0.287 e. The Labute approximate surface area is 111 Å². The van der Waals surface area contributed by atoms with Crippen LogP contribution in [-0.2, 0) is 4.74 Å². The molecule has 1 saturated heterocycles. The van der Waals surface area contributed by atoms with Crippen LogP contribution in [0.2, 0.25) is 0 Å². The summed E-state index contributed by atoms with van der Waals surface area (Å²) in [5, 5.41) is 3.96. The summed E-state index contributed by atoms with van der Waals surface area (Å²) in [5.74, 6) is 0.178. The molecule has 1 amide bonds. The van der Waals surface area contributed by atoms with Gasteiger partial charge in [-0.2, -0.15) is 0 Å². The van der Waals surface area contributed by atoms with Gasteiger partial charge in [-0.15, -0.1) is 0 Å². The first kappa shape index (κ1) is 12.2. The predicted molar refractivity (Wildman–Crippen MR) is 72.1 cm³/mol. The van der Waals surface area contributed by atoms with Crippen LogP contribution in [0.3, 0.4) is 0 Å². The number of carbonyl (C=O) groups is 1. The van der Waals surface area contributed by atoms with Crippen molar-refractivity contribution in [3.05, 3.63) is 36.1 Å². The van der Waals surface area contributed by atoms with E-state index in [1.165, 1.54) is 0 Å². The van der Waals surface area contributed by atoms with Crippen molar-refractivity contribution >= 4 is 16.9 Å². The van der Waals surface area contributed by atoms with E-state index >= 15 is 0 Å². The molecule has 1 aromatic carbocycles. The zero-order chi connectivity index (χ0) is 13.3. The number of furan rings is 1. The average Bonchev–Trinajstić information content (AvgIpc) is 2.83. The number of para-hydroxylation sites is 1. The molecule has 1 aromatic heterocycles. The monoisotopic (exact) mass is 259 g/mol. The Hall–Kier alpha value is -1.81. The van der Waals surface area contributed by atoms with Crippen LogP contribution in [0.5, 0.6) is 0 Å². The van der Waals surface area contributed by atoms with Crippen molar-refractivity contribution in [2.24, 2.45) is 0 Å². The van der Waals surface area contributed by atoms with E-state index < -0.39 is 0 Å². The normalized spacial score (nSPS) is 23.4. The number of amides is 1. The minimum absolute atomic E-state index is 0.177. The first-order valence-electron chi connectivity index (χ1n) is 6.55. The number of hydrogen-bond acceptors (Lipinski definition) is 3. The number of ether oxygens (including phenoxy) is 1. The Balaban J connectivity index is 1.79. The average molecular weight is 259 g/mol. The van der Waals surface area contributed by atoms with Crippen LogP contribution in [0.15, 0.2) is 34.7 Å². The zero-order valence-corrected chi connectivity index (χ0v) is 10.9. The molecular weight excluding hydrogens is 242 g/mol. The predicted octanol–water partition coefficient (Wildman–Crippen LogP) is 2.73. The highest BCUT2D eigenvalue weighted by Gasteiger charge is 2.30. The van der Waals surface area contributed by atoms with E-state index in [-0.39, 0.29) is 11.4 Å². The van der Waals surface area contributed by atoms with Crippen LogP contribution in [0.25, 0.3) is 11.0 Å². The molecule has 1 N–H and O–H groups in total. The first-order valence-corrected chi connectivity index (χ1v) is 6.55. The topological polar surface area (TPSA) is 51.5 Å². The summed E-state index contributed by atoms with van der Waals surface area (Å²) >= 11 is 0. The third kappa shape index (κ3) is 2.49. The number of nitrogens with one attached hydrogen (secondary N) is 1. The summed E-state index contributed by atoms with van der Waals surface area (Å²) < 4.78 is 11.0. The molecule has 4 heteroatoms. The summed E-state index contributed by atoms with van der Waals surface area (Å²) in [4.78, 5) is 12.2. The van der Waals surface area contributed by atoms with Crippen molar-refractivity contribution in [1.82, 2.24) is 5.32 Å². The molecule has 100 valence electrons. The summed E-state index contributed by atoms with van der Waals surface area (Å²) in [7, 11) is 0. The second-order valence-electron chi connectivity index (χ2n) is 5.32. The van der Waals surface area contributed by atoms with E-state index in [1.54, 1.807) is 6.07 Å². The highest BCUT2D eigenvalue weighted by atomic mass is 16.5. The highest BCUT2D eigenvalue weighted by molar-refractivity contribution is 5.96. The molecule has 19 heavy (non-hydrogen) atoms. The molecular formula is C15H17NO3. The van der Waals surface area contributed by atoms with Gasteiger partial charge in [-0.3, -0.25) is 4.79 Å². The smallest absolute Gasteiger partial charge is 0.287 e. The lowest BCUT2D eigenvalue weighted by molar-refractivity contribution is 0.0266. The van der Waals surface area contributed by atoms with Crippen molar-refractivity contribution in [2.75, 3.05) is 13.2 Å². The Morgan fingerprint density at radius 3 is 2.95 bits per heavy atom. The van der Waals surface area contributed by atoms with Crippen LogP contribution in [-0.4, -0.2) is 24.7 Å². The van der Waals surface area contributed by atoms with Gasteiger partial charge in [0.25, 0.3) is 5.91 Å². The van der Waals surface area contributed by atoms with Crippen LogP contribution >= 0.6 is 0 Å². The molecule has 0 bridgehead atoms.